The Morgan fingerprint density at radius 3 is 2.45 bits per heavy atom. The van der Waals surface area contributed by atoms with Crippen molar-refractivity contribution in [3.05, 3.63) is 78.5 Å². The third-order valence-corrected chi connectivity index (χ3v) is 6.36. The van der Waals surface area contributed by atoms with E-state index in [1.807, 2.05) is 18.3 Å². The van der Waals surface area contributed by atoms with Crippen LogP contribution in [0.25, 0.3) is 0 Å². The Bertz CT molecular complexity index is 905. The molecule has 31 heavy (non-hydrogen) atoms. The summed E-state index contributed by atoms with van der Waals surface area (Å²) in [6.45, 7) is 6.30. The van der Waals surface area contributed by atoms with Gasteiger partial charge in [0.05, 0.1) is 25.0 Å². The second kappa shape index (κ2) is 10.5. The molecule has 2 unspecified atom stereocenters. The molecule has 164 valence electrons. The number of ether oxygens (including phenoxy) is 1. The lowest BCUT2D eigenvalue weighted by molar-refractivity contribution is 0.140. The van der Waals surface area contributed by atoms with E-state index < -0.39 is 0 Å². The van der Waals surface area contributed by atoms with Crippen molar-refractivity contribution in [1.82, 2.24) is 9.88 Å². The summed E-state index contributed by atoms with van der Waals surface area (Å²) in [5, 5.41) is 0. The molecular formula is C26H33N3O2. The zero-order chi connectivity index (χ0) is 21.5. The fourth-order valence-corrected chi connectivity index (χ4v) is 4.56. The molecule has 5 nitrogen and oxygen atoms in total. The predicted molar refractivity (Wildman–Crippen MR) is 125 cm³/mol. The van der Waals surface area contributed by atoms with Crippen molar-refractivity contribution in [1.29, 1.82) is 0 Å². The van der Waals surface area contributed by atoms with Gasteiger partial charge in [0.2, 0.25) is 0 Å². The van der Waals surface area contributed by atoms with Crippen LogP contribution in [0.2, 0.25) is 0 Å². The number of hydrogen-bond donors (Lipinski definition) is 0. The van der Waals surface area contributed by atoms with Gasteiger partial charge in [-0.05, 0) is 42.9 Å². The monoisotopic (exact) mass is 419 g/mol. The van der Waals surface area contributed by atoms with Crippen LogP contribution in [0, 0.1) is 5.92 Å². The van der Waals surface area contributed by atoms with E-state index in [0.717, 1.165) is 50.5 Å². The van der Waals surface area contributed by atoms with Gasteiger partial charge in [0, 0.05) is 26.2 Å². The summed E-state index contributed by atoms with van der Waals surface area (Å²) in [4.78, 5) is 9.19. The zero-order valence-corrected chi connectivity index (χ0v) is 18.6. The third-order valence-electron chi connectivity index (χ3n) is 6.36. The molecule has 1 aliphatic heterocycles. The van der Waals surface area contributed by atoms with Crippen LogP contribution in [0.4, 0.5) is 5.69 Å². The quantitative estimate of drug-likeness (QED) is 0.476. The minimum atomic E-state index is 0.271. The van der Waals surface area contributed by atoms with Crippen LogP contribution in [0.1, 0.15) is 37.1 Å². The van der Waals surface area contributed by atoms with Crippen LogP contribution in [-0.2, 0) is 6.42 Å². The van der Waals surface area contributed by atoms with Gasteiger partial charge < -0.3 is 14.1 Å². The van der Waals surface area contributed by atoms with Crippen LogP contribution in [-0.4, -0.2) is 43.2 Å². The third kappa shape index (κ3) is 5.47. The van der Waals surface area contributed by atoms with Gasteiger partial charge in [0.25, 0.3) is 0 Å². The molecule has 1 saturated heterocycles. The van der Waals surface area contributed by atoms with Crippen molar-refractivity contribution < 1.29 is 9.15 Å². The van der Waals surface area contributed by atoms with Gasteiger partial charge in [0.1, 0.15) is 11.5 Å². The number of oxazole rings is 1. The first kappa shape index (κ1) is 21.4. The summed E-state index contributed by atoms with van der Waals surface area (Å²) >= 11 is 0. The fraction of sp³-hybridized carbons (Fsp3) is 0.423. The highest BCUT2D eigenvalue weighted by atomic mass is 16.5. The van der Waals surface area contributed by atoms with Crippen molar-refractivity contribution in [2.45, 2.75) is 32.2 Å². The Kier molecular flexibility index (Phi) is 7.26. The molecule has 2 aromatic carbocycles. The SMILES string of the molecule is COc1ccccc1N1CCN(C(CC(C)CCc2ccccc2)c2cnco2)CC1. The number of hydrogen-bond acceptors (Lipinski definition) is 5. The Hall–Kier alpha value is -2.79. The van der Waals surface area contributed by atoms with E-state index in [1.54, 1.807) is 13.5 Å². The molecule has 0 radical (unpaired) electrons. The number of para-hydroxylation sites is 2. The van der Waals surface area contributed by atoms with Gasteiger partial charge in [-0.25, -0.2) is 4.98 Å². The van der Waals surface area contributed by atoms with Gasteiger partial charge in [0.15, 0.2) is 6.39 Å². The normalized spacial score (nSPS) is 16.8. The lowest BCUT2D eigenvalue weighted by atomic mass is 9.92. The minimum absolute atomic E-state index is 0.271. The lowest BCUT2D eigenvalue weighted by Crippen LogP contribution is -2.48. The smallest absolute Gasteiger partial charge is 0.180 e. The van der Waals surface area contributed by atoms with Crippen molar-refractivity contribution in [3.8, 4) is 5.75 Å². The van der Waals surface area contributed by atoms with Gasteiger partial charge in [-0.2, -0.15) is 0 Å². The molecule has 1 fully saturated rings. The lowest BCUT2D eigenvalue weighted by Gasteiger charge is -2.40. The number of piperazine rings is 1. The standard InChI is InChI=1S/C26H33N3O2/c1-21(12-13-22-8-4-3-5-9-22)18-24(26-19-27-20-31-26)29-16-14-28(15-17-29)23-10-6-7-11-25(23)30-2/h3-11,19-21,24H,12-18H2,1-2H3. The van der Waals surface area contributed by atoms with Crippen LogP contribution in [0.15, 0.2) is 71.6 Å². The Morgan fingerprint density at radius 2 is 1.74 bits per heavy atom. The van der Waals surface area contributed by atoms with Crippen molar-refractivity contribution in [3.63, 3.8) is 0 Å². The van der Waals surface area contributed by atoms with Crippen LogP contribution in [0.5, 0.6) is 5.75 Å². The fourth-order valence-electron chi connectivity index (χ4n) is 4.56. The van der Waals surface area contributed by atoms with E-state index >= 15 is 0 Å². The highest BCUT2D eigenvalue weighted by Crippen LogP contribution is 2.33. The Morgan fingerprint density at radius 1 is 1.00 bits per heavy atom. The summed E-state index contributed by atoms with van der Waals surface area (Å²) in [7, 11) is 1.74. The second-order valence-electron chi connectivity index (χ2n) is 8.48. The van der Waals surface area contributed by atoms with E-state index in [1.165, 1.54) is 17.7 Å². The molecule has 0 bridgehead atoms. The zero-order valence-electron chi connectivity index (χ0n) is 18.6. The maximum Gasteiger partial charge on any atom is 0.180 e. The summed E-state index contributed by atoms with van der Waals surface area (Å²) in [6.07, 6.45) is 6.82. The number of benzene rings is 2. The molecule has 5 heteroatoms. The number of nitrogens with zero attached hydrogens (tertiary/aromatic N) is 3. The highest BCUT2D eigenvalue weighted by Gasteiger charge is 2.29. The topological polar surface area (TPSA) is 41.7 Å². The molecule has 2 heterocycles. The van der Waals surface area contributed by atoms with E-state index in [0.29, 0.717) is 5.92 Å². The van der Waals surface area contributed by atoms with E-state index in [2.05, 4.69) is 64.2 Å². The first-order chi connectivity index (χ1) is 15.2. The molecule has 4 rings (SSSR count). The molecule has 3 aromatic rings. The molecule has 2 atom stereocenters. The van der Waals surface area contributed by atoms with Crippen molar-refractivity contribution in [2.24, 2.45) is 5.92 Å². The van der Waals surface area contributed by atoms with Gasteiger partial charge in [-0.1, -0.05) is 49.4 Å². The Labute approximate surface area is 185 Å². The van der Waals surface area contributed by atoms with Crippen molar-refractivity contribution >= 4 is 5.69 Å². The summed E-state index contributed by atoms with van der Waals surface area (Å²) in [6, 6.07) is 19.3. The average Bonchev–Trinajstić information content (AvgIpc) is 3.37. The van der Waals surface area contributed by atoms with E-state index in [9.17, 15) is 0 Å². The number of aromatic nitrogens is 1. The molecule has 1 aliphatic rings. The summed E-state index contributed by atoms with van der Waals surface area (Å²) in [5.41, 5.74) is 2.59. The van der Waals surface area contributed by atoms with Crippen molar-refractivity contribution in [2.75, 3.05) is 38.2 Å². The summed E-state index contributed by atoms with van der Waals surface area (Å²) < 4.78 is 11.3. The molecule has 0 amide bonds. The van der Waals surface area contributed by atoms with E-state index in [-0.39, 0.29) is 6.04 Å². The molecule has 0 spiro atoms. The average molecular weight is 420 g/mol. The molecular weight excluding hydrogens is 386 g/mol. The number of methoxy groups -OCH3 is 1. The molecule has 0 aliphatic carbocycles. The van der Waals surface area contributed by atoms with Crippen LogP contribution >= 0.6 is 0 Å². The van der Waals surface area contributed by atoms with Gasteiger partial charge >= 0.3 is 0 Å². The first-order valence-electron chi connectivity index (χ1n) is 11.3. The highest BCUT2D eigenvalue weighted by molar-refractivity contribution is 5.58. The predicted octanol–water partition coefficient (Wildman–Crippen LogP) is 5.21. The molecule has 0 saturated carbocycles. The maximum absolute atomic E-state index is 5.77. The van der Waals surface area contributed by atoms with Crippen LogP contribution in [0.3, 0.4) is 0 Å². The van der Waals surface area contributed by atoms with E-state index in [4.69, 9.17) is 9.15 Å². The van der Waals surface area contributed by atoms with Crippen LogP contribution < -0.4 is 9.64 Å². The number of anilines is 1. The number of aryl methyl sites for hydroxylation is 1. The van der Waals surface area contributed by atoms with Gasteiger partial charge in [-0.15, -0.1) is 0 Å². The molecule has 1 aromatic heterocycles. The summed E-state index contributed by atoms with van der Waals surface area (Å²) in [5.74, 6) is 2.53. The maximum atomic E-state index is 5.77. The second-order valence-corrected chi connectivity index (χ2v) is 8.48. The van der Waals surface area contributed by atoms with Gasteiger partial charge in [-0.3, -0.25) is 4.90 Å². The molecule has 0 N–H and O–H groups in total. The number of rotatable bonds is 9. The largest absolute Gasteiger partial charge is 0.495 e. The first-order valence-corrected chi connectivity index (χ1v) is 11.3. The Balaban J connectivity index is 1.38. The minimum Gasteiger partial charge on any atom is -0.495 e.